The molecule has 36 heavy (non-hydrogen) atoms. The van der Waals surface area contributed by atoms with Crippen molar-refractivity contribution in [1.82, 2.24) is 4.98 Å². The van der Waals surface area contributed by atoms with Gasteiger partial charge in [-0.2, -0.15) is 13.4 Å². The molecule has 9 heteroatoms. The maximum Gasteiger partial charge on any atom is 0.335 e. The lowest BCUT2D eigenvalue weighted by Crippen LogP contribution is -2.14. The van der Waals surface area contributed by atoms with Gasteiger partial charge in [0.15, 0.2) is 0 Å². The van der Waals surface area contributed by atoms with Gasteiger partial charge in [0.2, 0.25) is 10.9 Å². The zero-order valence-electron chi connectivity index (χ0n) is 19.5. The molecule has 1 aliphatic rings. The van der Waals surface area contributed by atoms with Gasteiger partial charge in [-0.3, -0.25) is 4.72 Å². The number of carbonyl (C=O) groups is 1. The molecule has 1 aliphatic carbocycles. The lowest BCUT2D eigenvalue weighted by molar-refractivity contribution is 0.0696. The Hall–Kier alpha value is -4.11. The van der Waals surface area contributed by atoms with E-state index >= 15 is 0 Å². The van der Waals surface area contributed by atoms with Crippen LogP contribution in [0.5, 0.6) is 5.75 Å². The van der Waals surface area contributed by atoms with E-state index in [1.165, 1.54) is 49.3 Å². The van der Waals surface area contributed by atoms with Crippen molar-refractivity contribution in [3.05, 3.63) is 83.6 Å². The van der Waals surface area contributed by atoms with Crippen molar-refractivity contribution in [2.24, 2.45) is 0 Å². The molecule has 0 aliphatic heterocycles. The molecule has 2 N–H and O–H groups in total. The number of aromatic nitrogens is 1. The predicted octanol–water partition coefficient (Wildman–Crippen LogP) is 5.40. The Labute approximate surface area is 208 Å². The molecule has 1 aromatic heterocycles. The van der Waals surface area contributed by atoms with Gasteiger partial charge in [0.1, 0.15) is 12.0 Å². The van der Waals surface area contributed by atoms with Crippen LogP contribution in [0.2, 0.25) is 0 Å². The number of nitrogens with one attached hydrogen (secondary N) is 1. The second kappa shape index (κ2) is 9.50. The summed E-state index contributed by atoms with van der Waals surface area (Å²) in [4.78, 5) is 15.3. The van der Waals surface area contributed by atoms with E-state index in [1.807, 2.05) is 24.3 Å². The monoisotopic (exact) mass is 504 g/mol. The van der Waals surface area contributed by atoms with Crippen molar-refractivity contribution >= 4 is 21.7 Å². The number of oxazole rings is 1. The molecule has 0 radical (unpaired) electrons. The number of aryl methyl sites for hydroxylation is 2. The second-order valence-electron chi connectivity index (χ2n) is 8.58. The molecule has 1 heterocycles. The normalized spacial score (nSPS) is 13.1. The molecule has 0 atom stereocenters. The molecular weight excluding hydrogens is 480 g/mol. The largest absolute Gasteiger partial charge is 0.495 e. The van der Waals surface area contributed by atoms with Crippen LogP contribution >= 0.6 is 0 Å². The van der Waals surface area contributed by atoms with Crippen LogP contribution in [0.15, 0.2) is 76.4 Å². The molecule has 0 amide bonds. The SMILES string of the molecule is COc1cc(C(=O)O)ccc1NS(=O)(=O)c1coc(-c2ccc(-c3ccc4c(c3)CCCC4)cc2)n1. The third-order valence-corrected chi connectivity index (χ3v) is 7.49. The third-order valence-electron chi connectivity index (χ3n) is 6.26. The van der Waals surface area contributed by atoms with E-state index in [1.54, 1.807) is 0 Å². The summed E-state index contributed by atoms with van der Waals surface area (Å²) in [5.41, 5.74) is 5.74. The molecule has 4 aromatic rings. The Kier molecular flexibility index (Phi) is 6.24. The van der Waals surface area contributed by atoms with Crippen molar-refractivity contribution < 1.29 is 27.5 Å². The zero-order valence-corrected chi connectivity index (χ0v) is 20.3. The summed E-state index contributed by atoms with van der Waals surface area (Å²) in [5, 5.41) is 8.82. The summed E-state index contributed by atoms with van der Waals surface area (Å²) < 4.78 is 38.7. The number of fused-ring (bicyclic) bond motifs is 1. The maximum absolute atomic E-state index is 12.9. The summed E-state index contributed by atoms with van der Waals surface area (Å²) >= 11 is 0. The molecule has 0 saturated heterocycles. The summed E-state index contributed by atoms with van der Waals surface area (Å²) in [6, 6.07) is 18.0. The highest BCUT2D eigenvalue weighted by Gasteiger charge is 2.22. The highest BCUT2D eigenvalue weighted by atomic mass is 32.2. The lowest BCUT2D eigenvalue weighted by atomic mass is 9.89. The van der Waals surface area contributed by atoms with E-state index in [4.69, 9.17) is 14.3 Å². The van der Waals surface area contributed by atoms with Crippen molar-refractivity contribution in [2.45, 2.75) is 30.7 Å². The quantitative estimate of drug-likeness (QED) is 0.346. The van der Waals surface area contributed by atoms with Crippen LogP contribution in [0.3, 0.4) is 0 Å². The van der Waals surface area contributed by atoms with Gasteiger partial charge >= 0.3 is 5.97 Å². The Morgan fingerprint density at radius 1 is 0.944 bits per heavy atom. The van der Waals surface area contributed by atoms with Crippen molar-refractivity contribution in [1.29, 1.82) is 0 Å². The van der Waals surface area contributed by atoms with E-state index in [-0.39, 0.29) is 27.9 Å². The van der Waals surface area contributed by atoms with Gasteiger partial charge in [-0.1, -0.05) is 30.3 Å². The van der Waals surface area contributed by atoms with Gasteiger partial charge in [-0.05, 0) is 78.3 Å². The van der Waals surface area contributed by atoms with Crippen LogP contribution in [0.1, 0.15) is 34.3 Å². The average Bonchev–Trinajstić information content (AvgIpc) is 3.40. The number of carboxylic acids is 1. The summed E-state index contributed by atoms with van der Waals surface area (Å²) in [5.74, 6) is -0.915. The number of methoxy groups -OCH3 is 1. The smallest absolute Gasteiger partial charge is 0.335 e. The van der Waals surface area contributed by atoms with E-state index in [0.717, 1.165) is 30.2 Å². The van der Waals surface area contributed by atoms with Gasteiger partial charge in [-0.15, -0.1) is 0 Å². The molecule has 8 nitrogen and oxygen atoms in total. The first kappa shape index (κ1) is 23.6. The summed E-state index contributed by atoms with van der Waals surface area (Å²) in [7, 11) is -2.79. The number of benzene rings is 3. The van der Waals surface area contributed by atoms with Crippen LogP contribution in [-0.2, 0) is 22.9 Å². The second-order valence-corrected chi connectivity index (χ2v) is 10.2. The van der Waals surface area contributed by atoms with Crippen molar-refractivity contribution in [3.8, 4) is 28.3 Å². The first-order valence-electron chi connectivity index (χ1n) is 11.5. The van der Waals surface area contributed by atoms with Crippen LogP contribution in [0.4, 0.5) is 5.69 Å². The minimum absolute atomic E-state index is 0.0302. The fourth-order valence-electron chi connectivity index (χ4n) is 4.34. The highest BCUT2D eigenvalue weighted by molar-refractivity contribution is 7.92. The number of anilines is 1. The summed E-state index contributed by atoms with van der Waals surface area (Å²) in [6.07, 6.45) is 5.78. The number of hydrogen-bond acceptors (Lipinski definition) is 6. The number of carboxylic acid groups (broad SMARTS) is 1. The maximum atomic E-state index is 12.9. The molecule has 0 spiro atoms. The Morgan fingerprint density at radius 2 is 1.64 bits per heavy atom. The Bertz CT molecular complexity index is 1540. The van der Waals surface area contributed by atoms with E-state index in [0.29, 0.717) is 5.56 Å². The van der Waals surface area contributed by atoms with Crippen LogP contribution in [0.25, 0.3) is 22.6 Å². The Balaban J connectivity index is 1.36. The zero-order chi connectivity index (χ0) is 25.3. The number of nitrogens with zero attached hydrogens (tertiary/aromatic N) is 1. The molecule has 0 fully saturated rings. The minimum atomic E-state index is -4.11. The highest BCUT2D eigenvalue weighted by Crippen LogP contribution is 2.31. The number of aromatic carboxylic acids is 1. The average molecular weight is 505 g/mol. The first-order chi connectivity index (χ1) is 17.3. The topological polar surface area (TPSA) is 119 Å². The molecule has 184 valence electrons. The molecule has 3 aromatic carbocycles. The molecule has 5 rings (SSSR count). The van der Waals surface area contributed by atoms with Crippen LogP contribution in [0, 0.1) is 0 Å². The molecule has 0 bridgehead atoms. The van der Waals surface area contributed by atoms with Gasteiger partial charge in [-0.25, -0.2) is 4.79 Å². The lowest BCUT2D eigenvalue weighted by Gasteiger charge is -2.16. The van der Waals surface area contributed by atoms with Gasteiger partial charge in [0.25, 0.3) is 10.0 Å². The fourth-order valence-corrected chi connectivity index (χ4v) is 5.28. The van der Waals surface area contributed by atoms with E-state index in [2.05, 4.69) is 27.9 Å². The molecule has 0 unspecified atom stereocenters. The molecule has 0 saturated carbocycles. The number of rotatable bonds is 7. The van der Waals surface area contributed by atoms with Gasteiger partial charge < -0.3 is 14.3 Å². The predicted molar refractivity (Wildman–Crippen MR) is 135 cm³/mol. The number of hydrogen-bond donors (Lipinski definition) is 2. The van der Waals surface area contributed by atoms with E-state index < -0.39 is 16.0 Å². The Morgan fingerprint density at radius 3 is 2.36 bits per heavy atom. The van der Waals surface area contributed by atoms with E-state index in [9.17, 15) is 13.2 Å². The minimum Gasteiger partial charge on any atom is -0.495 e. The first-order valence-corrected chi connectivity index (χ1v) is 12.9. The van der Waals surface area contributed by atoms with Crippen molar-refractivity contribution in [2.75, 3.05) is 11.8 Å². The van der Waals surface area contributed by atoms with Gasteiger partial charge in [0.05, 0.1) is 18.4 Å². The van der Waals surface area contributed by atoms with Crippen LogP contribution < -0.4 is 9.46 Å². The third kappa shape index (κ3) is 4.70. The fraction of sp³-hybridized carbons (Fsp3) is 0.185. The number of ether oxygens (including phenoxy) is 1. The van der Waals surface area contributed by atoms with Crippen molar-refractivity contribution in [3.63, 3.8) is 0 Å². The number of sulfonamides is 1. The van der Waals surface area contributed by atoms with Gasteiger partial charge in [0, 0.05) is 5.56 Å². The molecular formula is C27H24N2O6S. The summed E-state index contributed by atoms with van der Waals surface area (Å²) in [6.45, 7) is 0. The van der Waals surface area contributed by atoms with Crippen LogP contribution in [-0.4, -0.2) is 31.6 Å². The standard InChI is InChI=1S/C27H24N2O6S/c1-34-24-15-22(27(30)31)12-13-23(24)29-36(32,33)25-16-35-26(28-25)19-9-6-18(7-10-19)21-11-8-17-4-2-3-5-20(17)14-21/h6-16,29H,2-5H2,1H3,(H,30,31).